The predicted octanol–water partition coefficient (Wildman–Crippen LogP) is 8.11. The highest BCUT2D eigenvalue weighted by Crippen LogP contribution is 2.58. The van der Waals surface area contributed by atoms with Gasteiger partial charge in [-0.3, -0.25) is 9.69 Å². The fourth-order valence-electron chi connectivity index (χ4n) is 8.33. The summed E-state index contributed by atoms with van der Waals surface area (Å²) in [5.41, 5.74) is 3.83. The number of hydrogen-bond donors (Lipinski definition) is 2. The first-order valence-electron chi connectivity index (χ1n) is 18.4. The van der Waals surface area contributed by atoms with Crippen molar-refractivity contribution < 1.29 is 24.2 Å². The molecule has 2 aromatic heterocycles. The maximum absolute atomic E-state index is 14.6. The van der Waals surface area contributed by atoms with Gasteiger partial charge in [0.05, 0.1) is 17.0 Å². The highest BCUT2D eigenvalue weighted by atomic mass is 32.1. The fourth-order valence-corrected chi connectivity index (χ4v) is 9.30. The molecule has 0 atom stereocenters. The van der Waals surface area contributed by atoms with Crippen molar-refractivity contribution in [3.63, 3.8) is 0 Å². The monoisotopic (exact) mass is 702 g/mol. The summed E-state index contributed by atoms with van der Waals surface area (Å²) < 4.78 is 11.2. The number of carbonyl (C=O) groups is 2. The number of pyridine rings is 1. The van der Waals surface area contributed by atoms with E-state index in [9.17, 15) is 9.59 Å². The molecule has 1 aromatic carbocycles. The Balaban J connectivity index is 1.21. The van der Waals surface area contributed by atoms with Crippen LogP contribution in [0.2, 0.25) is 0 Å². The zero-order chi connectivity index (χ0) is 35.5. The summed E-state index contributed by atoms with van der Waals surface area (Å²) in [6, 6.07) is 10.8. The number of aromatic nitrogens is 2. The third-order valence-corrected chi connectivity index (χ3v) is 13.0. The van der Waals surface area contributed by atoms with Gasteiger partial charge in [0.25, 0.3) is 0 Å². The number of fused-ring (bicyclic) bond motifs is 3. The van der Waals surface area contributed by atoms with Crippen molar-refractivity contribution in [2.24, 2.45) is 11.3 Å². The minimum absolute atomic E-state index is 0.0223. The van der Waals surface area contributed by atoms with Crippen LogP contribution in [-0.2, 0) is 20.4 Å². The molecule has 0 aliphatic heterocycles. The number of methoxy groups -OCH3 is 1. The fraction of sp³-hybridized carbons (Fsp3) is 0.600. The van der Waals surface area contributed by atoms with Crippen LogP contribution >= 0.6 is 11.3 Å². The Bertz CT molecular complexity index is 1630. The van der Waals surface area contributed by atoms with Gasteiger partial charge in [-0.25, -0.2) is 14.8 Å². The Kier molecular flexibility index (Phi) is 10.9. The standard InChI is InChI=1S/C40H54N4O5S/c1-27-23-30(9-12-32(27)48-5)40-17-14-39(15-18-40,16-19-40)26-44(34-24-29(13-21-41-34)33-25-43-36(50-33)38(2,3)4)35(46)28-7-10-31(11-8-28)49-37(47)42-20-6-22-45/h9,12-13,21,23-25,28,31,45H,6-8,10-11,14-20,22,26H2,1-5H3,(H,42,47). The van der Waals surface area contributed by atoms with Crippen LogP contribution in [0, 0.1) is 18.3 Å². The summed E-state index contributed by atoms with van der Waals surface area (Å²) in [5.74, 6) is 1.62. The minimum atomic E-state index is -0.455. The van der Waals surface area contributed by atoms with Gasteiger partial charge >= 0.3 is 6.09 Å². The lowest BCUT2D eigenvalue weighted by Gasteiger charge is -2.55. The van der Waals surface area contributed by atoms with Crippen LogP contribution in [0.25, 0.3) is 10.4 Å². The van der Waals surface area contributed by atoms with E-state index in [4.69, 9.17) is 24.5 Å². The Labute approximate surface area is 301 Å². The van der Waals surface area contributed by atoms with Gasteiger partial charge in [-0.15, -0.1) is 11.3 Å². The van der Waals surface area contributed by atoms with Gasteiger partial charge in [0.1, 0.15) is 17.7 Å². The number of aliphatic hydroxyl groups excluding tert-OH is 1. The number of aryl methyl sites for hydroxylation is 1. The summed E-state index contributed by atoms with van der Waals surface area (Å²) in [6.45, 7) is 9.73. The van der Waals surface area contributed by atoms with E-state index in [1.807, 2.05) is 23.4 Å². The maximum Gasteiger partial charge on any atom is 0.407 e. The van der Waals surface area contributed by atoms with E-state index in [2.05, 4.69) is 57.3 Å². The lowest BCUT2D eigenvalue weighted by Crippen LogP contribution is -2.52. The van der Waals surface area contributed by atoms with Crippen LogP contribution in [-0.4, -0.2) is 60.0 Å². The molecule has 50 heavy (non-hydrogen) atoms. The second-order valence-electron chi connectivity index (χ2n) is 16.0. The normalized spacial score (nSPS) is 24.8. The number of amides is 2. The molecule has 9 nitrogen and oxygen atoms in total. The number of nitrogens with one attached hydrogen (secondary N) is 1. The molecule has 270 valence electrons. The highest BCUT2D eigenvalue weighted by molar-refractivity contribution is 7.15. The lowest BCUT2D eigenvalue weighted by molar-refractivity contribution is -0.124. The Hall–Kier alpha value is -3.50. The van der Waals surface area contributed by atoms with Gasteiger partial charge < -0.3 is 19.9 Å². The number of thiazole rings is 1. The maximum atomic E-state index is 14.6. The average Bonchev–Trinajstić information content (AvgIpc) is 3.64. The molecule has 4 aliphatic carbocycles. The van der Waals surface area contributed by atoms with Crippen LogP contribution in [0.4, 0.5) is 10.6 Å². The highest BCUT2D eigenvalue weighted by Gasteiger charge is 2.51. The number of benzene rings is 1. The van der Waals surface area contributed by atoms with Crippen molar-refractivity contribution in [1.29, 1.82) is 0 Å². The van der Waals surface area contributed by atoms with E-state index in [0.717, 1.165) is 59.7 Å². The van der Waals surface area contributed by atoms with E-state index in [1.165, 1.54) is 11.1 Å². The van der Waals surface area contributed by atoms with Crippen molar-refractivity contribution in [3.05, 3.63) is 58.9 Å². The molecular weight excluding hydrogens is 649 g/mol. The van der Waals surface area contributed by atoms with E-state index in [1.54, 1.807) is 18.4 Å². The average molecular weight is 703 g/mol. The van der Waals surface area contributed by atoms with E-state index in [0.29, 0.717) is 51.0 Å². The largest absolute Gasteiger partial charge is 0.496 e. The van der Waals surface area contributed by atoms with E-state index >= 15 is 0 Å². The lowest BCUT2D eigenvalue weighted by atomic mass is 9.51. The number of aliphatic hydroxyl groups is 1. The number of ether oxygens (including phenoxy) is 2. The molecule has 4 saturated carbocycles. The first-order valence-corrected chi connectivity index (χ1v) is 19.2. The number of carbonyl (C=O) groups excluding carboxylic acids is 2. The van der Waals surface area contributed by atoms with Crippen LogP contribution in [0.15, 0.2) is 42.7 Å². The van der Waals surface area contributed by atoms with Crippen molar-refractivity contribution >= 4 is 29.2 Å². The topological polar surface area (TPSA) is 114 Å². The first-order chi connectivity index (χ1) is 23.9. The smallest absolute Gasteiger partial charge is 0.407 e. The van der Waals surface area contributed by atoms with Crippen molar-refractivity contribution in [2.75, 3.05) is 31.7 Å². The second kappa shape index (κ2) is 15.0. The van der Waals surface area contributed by atoms with Crippen molar-refractivity contribution in [3.8, 4) is 16.2 Å². The number of alkyl carbamates (subject to hydrolysis) is 1. The Morgan fingerprint density at radius 2 is 1.74 bits per heavy atom. The molecule has 0 radical (unpaired) electrons. The SMILES string of the molecule is COc1ccc(C23CCC(CN(C(=O)C4CCC(OC(=O)NCCCO)CC4)c4cc(-c5cnc(C(C)(C)C)s5)ccn4)(CC2)CC3)cc1C. The molecule has 2 bridgehead atoms. The number of hydrogen-bond acceptors (Lipinski definition) is 8. The van der Waals surface area contributed by atoms with Crippen molar-refractivity contribution in [1.82, 2.24) is 15.3 Å². The summed E-state index contributed by atoms with van der Waals surface area (Å²) in [4.78, 5) is 39.5. The van der Waals surface area contributed by atoms with Gasteiger partial charge in [0, 0.05) is 43.4 Å². The van der Waals surface area contributed by atoms with Crippen molar-refractivity contribution in [2.45, 2.75) is 115 Å². The molecule has 3 aromatic rings. The molecule has 7 rings (SSSR count). The molecule has 4 aliphatic rings. The van der Waals surface area contributed by atoms with Gasteiger partial charge in [-0.1, -0.05) is 32.9 Å². The molecule has 4 fully saturated rings. The van der Waals surface area contributed by atoms with E-state index < -0.39 is 6.09 Å². The quantitative estimate of drug-likeness (QED) is 0.194. The van der Waals surface area contributed by atoms with Gasteiger partial charge in [0.2, 0.25) is 5.91 Å². The van der Waals surface area contributed by atoms with Gasteiger partial charge in [-0.2, -0.15) is 0 Å². The molecule has 2 heterocycles. The summed E-state index contributed by atoms with van der Waals surface area (Å²) >= 11 is 1.70. The Morgan fingerprint density at radius 3 is 2.36 bits per heavy atom. The third kappa shape index (κ3) is 7.86. The van der Waals surface area contributed by atoms with Crippen LogP contribution in [0.5, 0.6) is 5.75 Å². The molecule has 10 heteroatoms. The Morgan fingerprint density at radius 1 is 1.02 bits per heavy atom. The number of rotatable bonds is 11. The molecule has 0 spiro atoms. The molecule has 0 saturated heterocycles. The molecule has 2 amide bonds. The number of anilines is 1. The van der Waals surface area contributed by atoms with Crippen LogP contribution in [0.1, 0.15) is 108 Å². The van der Waals surface area contributed by atoms with Crippen LogP contribution < -0.4 is 15.0 Å². The third-order valence-electron chi connectivity index (χ3n) is 11.5. The molecular formula is C40H54N4O5S. The molecule has 2 N–H and O–H groups in total. The first kappa shape index (κ1) is 36.3. The minimum Gasteiger partial charge on any atom is -0.496 e. The summed E-state index contributed by atoms with van der Waals surface area (Å²) in [5, 5.41) is 12.8. The zero-order valence-electron chi connectivity index (χ0n) is 30.4. The number of nitrogens with zero attached hydrogens (tertiary/aromatic N) is 3. The molecule has 0 unspecified atom stereocenters. The van der Waals surface area contributed by atoms with E-state index in [-0.39, 0.29) is 40.8 Å². The van der Waals surface area contributed by atoms with Gasteiger partial charge in [0.15, 0.2) is 0 Å². The predicted molar refractivity (Wildman–Crippen MR) is 198 cm³/mol. The zero-order valence-corrected chi connectivity index (χ0v) is 31.2. The van der Waals surface area contributed by atoms with Gasteiger partial charge in [-0.05, 0) is 123 Å². The second-order valence-corrected chi connectivity index (χ2v) is 17.0. The van der Waals surface area contributed by atoms with Crippen LogP contribution in [0.3, 0.4) is 0 Å². The summed E-state index contributed by atoms with van der Waals surface area (Å²) in [7, 11) is 1.73. The summed E-state index contributed by atoms with van der Waals surface area (Å²) in [6.07, 6.45) is 12.8.